The first-order chi connectivity index (χ1) is 6.83. The van der Waals surface area contributed by atoms with Crippen molar-refractivity contribution < 1.29 is 4.42 Å². The van der Waals surface area contributed by atoms with Crippen molar-refractivity contribution in [3.63, 3.8) is 0 Å². The number of nitrogens with zero attached hydrogens (tertiary/aromatic N) is 2. The molecule has 0 aliphatic heterocycles. The lowest BCUT2D eigenvalue weighted by atomic mass is 10.3. The Morgan fingerprint density at radius 1 is 1.57 bits per heavy atom. The van der Waals surface area contributed by atoms with Gasteiger partial charge < -0.3 is 14.7 Å². The molecule has 2 aromatic heterocycles. The van der Waals surface area contributed by atoms with Crippen LogP contribution in [0.1, 0.15) is 5.82 Å². The van der Waals surface area contributed by atoms with Crippen molar-refractivity contribution in [3.8, 4) is 11.5 Å². The van der Waals surface area contributed by atoms with Gasteiger partial charge in [0.05, 0.1) is 12.5 Å². The van der Waals surface area contributed by atoms with Crippen molar-refractivity contribution in [1.29, 1.82) is 0 Å². The topological polar surface area (TPSA) is 57.0 Å². The number of rotatable bonds is 3. The summed E-state index contributed by atoms with van der Waals surface area (Å²) in [5.41, 5.74) is 6.47. The van der Waals surface area contributed by atoms with E-state index in [4.69, 9.17) is 10.2 Å². The first-order valence-corrected chi connectivity index (χ1v) is 4.57. The van der Waals surface area contributed by atoms with Gasteiger partial charge in [-0.2, -0.15) is 0 Å². The predicted octanol–water partition coefficient (Wildman–Crippen LogP) is 1.18. The summed E-state index contributed by atoms with van der Waals surface area (Å²) in [5.74, 6) is 1.82. The van der Waals surface area contributed by atoms with Gasteiger partial charge in [-0.25, -0.2) is 4.98 Å². The van der Waals surface area contributed by atoms with Gasteiger partial charge >= 0.3 is 0 Å². The molecule has 0 atom stereocenters. The van der Waals surface area contributed by atoms with Gasteiger partial charge in [0.1, 0.15) is 11.5 Å². The molecular weight excluding hydrogens is 178 g/mol. The fourth-order valence-corrected chi connectivity index (χ4v) is 1.46. The molecule has 0 bridgehead atoms. The second-order valence-corrected chi connectivity index (χ2v) is 3.13. The van der Waals surface area contributed by atoms with Gasteiger partial charge in [0, 0.05) is 13.5 Å². The minimum absolute atomic E-state index is 0.614. The van der Waals surface area contributed by atoms with Gasteiger partial charge in [-0.1, -0.05) is 0 Å². The molecule has 2 heterocycles. The third kappa shape index (κ3) is 1.44. The molecule has 0 saturated heterocycles. The highest BCUT2D eigenvalue weighted by Crippen LogP contribution is 2.19. The Kier molecular flexibility index (Phi) is 2.37. The van der Waals surface area contributed by atoms with E-state index in [-0.39, 0.29) is 0 Å². The zero-order valence-electron chi connectivity index (χ0n) is 8.10. The smallest absolute Gasteiger partial charge is 0.151 e. The normalized spacial score (nSPS) is 10.7. The van der Waals surface area contributed by atoms with E-state index in [2.05, 4.69) is 4.98 Å². The molecule has 2 aromatic rings. The molecule has 74 valence electrons. The Hall–Kier alpha value is -1.55. The van der Waals surface area contributed by atoms with E-state index in [0.717, 1.165) is 23.7 Å². The highest BCUT2D eigenvalue weighted by molar-refractivity contribution is 5.51. The summed E-state index contributed by atoms with van der Waals surface area (Å²) in [6, 6.07) is 3.79. The molecule has 0 aliphatic carbocycles. The van der Waals surface area contributed by atoms with E-state index in [9.17, 15) is 0 Å². The minimum Gasteiger partial charge on any atom is -0.463 e. The van der Waals surface area contributed by atoms with Crippen LogP contribution in [0.15, 0.2) is 29.0 Å². The van der Waals surface area contributed by atoms with Gasteiger partial charge in [-0.15, -0.1) is 0 Å². The van der Waals surface area contributed by atoms with Crippen LogP contribution in [0, 0.1) is 0 Å². The average Bonchev–Trinajstić information content (AvgIpc) is 2.77. The second-order valence-electron chi connectivity index (χ2n) is 3.13. The Balaban J connectivity index is 2.36. The van der Waals surface area contributed by atoms with Gasteiger partial charge in [-0.3, -0.25) is 0 Å². The Bertz CT molecular complexity index is 403. The van der Waals surface area contributed by atoms with Gasteiger partial charge in [0.15, 0.2) is 5.76 Å². The van der Waals surface area contributed by atoms with E-state index < -0.39 is 0 Å². The second kappa shape index (κ2) is 3.67. The summed E-state index contributed by atoms with van der Waals surface area (Å²) in [4.78, 5) is 4.28. The highest BCUT2D eigenvalue weighted by atomic mass is 16.3. The van der Waals surface area contributed by atoms with Crippen LogP contribution in [0.3, 0.4) is 0 Å². The predicted molar refractivity (Wildman–Crippen MR) is 53.7 cm³/mol. The molecule has 2 N–H and O–H groups in total. The van der Waals surface area contributed by atoms with Gasteiger partial charge in [0.25, 0.3) is 0 Å². The van der Waals surface area contributed by atoms with Crippen molar-refractivity contribution in [1.82, 2.24) is 9.55 Å². The van der Waals surface area contributed by atoms with Crippen LogP contribution in [0.5, 0.6) is 0 Å². The lowest BCUT2D eigenvalue weighted by Gasteiger charge is -2.02. The summed E-state index contributed by atoms with van der Waals surface area (Å²) < 4.78 is 7.31. The number of aromatic nitrogens is 2. The number of imidazole rings is 1. The molecule has 0 amide bonds. The zero-order valence-corrected chi connectivity index (χ0v) is 8.10. The van der Waals surface area contributed by atoms with E-state index in [0.29, 0.717) is 6.54 Å². The van der Waals surface area contributed by atoms with Crippen LogP contribution in [0.4, 0.5) is 0 Å². The lowest BCUT2D eigenvalue weighted by Crippen LogP contribution is -2.08. The van der Waals surface area contributed by atoms with Crippen LogP contribution in [0.2, 0.25) is 0 Å². The van der Waals surface area contributed by atoms with Crippen LogP contribution in [-0.4, -0.2) is 16.1 Å². The number of furan rings is 1. The maximum Gasteiger partial charge on any atom is 0.151 e. The number of hydrogen-bond acceptors (Lipinski definition) is 3. The summed E-state index contributed by atoms with van der Waals surface area (Å²) in [6.07, 6.45) is 4.26. The molecule has 4 heteroatoms. The fourth-order valence-electron chi connectivity index (χ4n) is 1.46. The summed E-state index contributed by atoms with van der Waals surface area (Å²) in [6.45, 7) is 0.614. The minimum atomic E-state index is 0.614. The van der Waals surface area contributed by atoms with Crippen molar-refractivity contribution in [2.24, 2.45) is 12.8 Å². The van der Waals surface area contributed by atoms with E-state index in [1.807, 2.05) is 29.9 Å². The van der Waals surface area contributed by atoms with Crippen LogP contribution in [0.25, 0.3) is 11.5 Å². The molecule has 0 spiro atoms. The highest BCUT2D eigenvalue weighted by Gasteiger charge is 2.09. The van der Waals surface area contributed by atoms with Crippen molar-refractivity contribution in [2.45, 2.75) is 6.42 Å². The van der Waals surface area contributed by atoms with Crippen LogP contribution in [-0.2, 0) is 13.5 Å². The molecule has 0 unspecified atom stereocenters. The Morgan fingerprint density at radius 2 is 2.43 bits per heavy atom. The quantitative estimate of drug-likeness (QED) is 0.792. The third-order valence-electron chi connectivity index (χ3n) is 2.23. The molecule has 0 aromatic carbocycles. The zero-order chi connectivity index (χ0) is 9.97. The largest absolute Gasteiger partial charge is 0.463 e. The monoisotopic (exact) mass is 191 g/mol. The van der Waals surface area contributed by atoms with Gasteiger partial charge in [0.2, 0.25) is 0 Å². The van der Waals surface area contributed by atoms with E-state index in [1.54, 1.807) is 6.26 Å². The molecule has 0 aliphatic rings. The molecule has 0 radical (unpaired) electrons. The molecule has 2 rings (SSSR count). The first-order valence-electron chi connectivity index (χ1n) is 4.57. The van der Waals surface area contributed by atoms with Crippen LogP contribution < -0.4 is 5.73 Å². The number of hydrogen-bond donors (Lipinski definition) is 1. The molecule has 0 saturated carbocycles. The molecule has 4 nitrogen and oxygen atoms in total. The molecule has 14 heavy (non-hydrogen) atoms. The molecule has 0 fully saturated rings. The Labute approximate surface area is 82.4 Å². The van der Waals surface area contributed by atoms with Gasteiger partial charge in [-0.05, 0) is 18.7 Å². The summed E-state index contributed by atoms with van der Waals surface area (Å²) >= 11 is 0. The first kappa shape index (κ1) is 9.02. The summed E-state index contributed by atoms with van der Waals surface area (Å²) in [7, 11) is 1.97. The van der Waals surface area contributed by atoms with Crippen molar-refractivity contribution >= 4 is 0 Å². The lowest BCUT2D eigenvalue weighted by molar-refractivity contribution is 0.575. The standard InChI is InChI=1S/C10H13N3O/c1-13-8(9-3-2-6-14-9)7-12-10(13)4-5-11/h2-3,6-7H,4-5,11H2,1H3. The fraction of sp³-hybridized carbons (Fsp3) is 0.300. The SMILES string of the molecule is Cn1c(-c2ccco2)cnc1CCN. The van der Waals surface area contributed by atoms with E-state index >= 15 is 0 Å². The molecular formula is C10H13N3O. The van der Waals surface area contributed by atoms with Crippen molar-refractivity contribution in [3.05, 3.63) is 30.4 Å². The van der Waals surface area contributed by atoms with Crippen molar-refractivity contribution in [2.75, 3.05) is 6.54 Å². The van der Waals surface area contributed by atoms with Crippen LogP contribution >= 0.6 is 0 Å². The number of nitrogens with two attached hydrogens (primary N) is 1. The third-order valence-corrected chi connectivity index (χ3v) is 2.23. The Morgan fingerprint density at radius 3 is 3.07 bits per heavy atom. The maximum absolute atomic E-state index is 5.48. The maximum atomic E-state index is 5.48. The summed E-state index contributed by atoms with van der Waals surface area (Å²) in [5, 5.41) is 0. The van der Waals surface area contributed by atoms with E-state index in [1.165, 1.54) is 0 Å². The average molecular weight is 191 g/mol.